The molecule has 42 heavy (non-hydrogen) atoms. The number of nitrogen functional groups attached to an aromatic ring is 1. The van der Waals surface area contributed by atoms with Gasteiger partial charge in [-0.1, -0.05) is 12.1 Å². The Kier molecular flexibility index (Phi) is 11.7. The number of allylic oxidation sites excluding steroid dienone is 1. The number of H-pyrrole nitrogens is 1. The Morgan fingerprint density at radius 1 is 1.00 bits per heavy atom. The maximum absolute atomic E-state index is 12.2. The number of nitrogens with two attached hydrogens (primary N) is 1. The molecule has 2 aromatic heterocycles. The summed E-state index contributed by atoms with van der Waals surface area (Å²) in [5.41, 5.74) is 12.1. The maximum Gasteiger partial charge on any atom is 0.338 e. The lowest BCUT2D eigenvalue weighted by molar-refractivity contribution is -0.135. The molecular weight excluding hydrogens is 548 g/mol. The van der Waals surface area contributed by atoms with Crippen molar-refractivity contribution in [3.05, 3.63) is 71.0 Å². The van der Waals surface area contributed by atoms with Crippen molar-refractivity contribution in [1.82, 2.24) is 20.2 Å². The molecule has 0 saturated carbocycles. The Hall–Kier alpha value is -5.79. The average Bonchev–Trinajstić information content (AvgIpc) is 3.54. The van der Waals surface area contributed by atoms with Gasteiger partial charge in [0.15, 0.2) is 0 Å². The number of ether oxygens (including phenoxy) is 1. The van der Waals surface area contributed by atoms with Crippen LogP contribution in [-0.2, 0) is 25.5 Å². The molecule has 0 saturated heterocycles. The third kappa shape index (κ3) is 9.75. The number of carboxylic acids is 3. The zero-order chi connectivity index (χ0) is 31.4. The first kappa shape index (κ1) is 32.4. The van der Waals surface area contributed by atoms with Gasteiger partial charge in [0.2, 0.25) is 5.95 Å². The molecule has 0 bridgehead atoms. The minimum Gasteiger partial charge on any atom is -0.481 e. The van der Waals surface area contributed by atoms with Crippen molar-refractivity contribution in [3.63, 3.8) is 0 Å². The van der Waals surface area contributed by atoms with Gasteiger partial charge in [-0.3, -0.25) is 19.5 Å². The van der Waals surface area contributed by atoms with Crippen LogP contribution < -0.4 is 11.1 Å². The second kappa shape index (κ2) is 15.1. The summed E-state index contributed by atoms with van der Waals surface area (Å²) in [6.07, 6.45) is 6.13. The van der Waals surface area contributed by atoms with E-state index in [1.807, 2.05) is 30.3 Å². The summed E-state index contributed by atoms with van der Waals surface area (Å²) in [5.74, 6) is -2.03. The number of carbonyl (C=O) groups excluding carboxylic acids is 1. The third-order valence-electron chi connectivity index (χ3n) is 5.14. The number of nitrogens with one attached hydrogen (secondary N) is 2. The fourth-order valence-corrected chi connectivity index (χ4v) is 3.80. The van der Waals surface area contributed by atoms with E-state index in [0.29, 0.717) is 17.8 Å². The molecule has 0 unspecified atom stereocenters. The van der Waals surface area contributed by atoms with Crippen LogP contribution in [0.3, 0.4) is 0 Å². The number of rotatable bonds is 4. The van der Waals surface area contributed by atoms with Gasteiger partial charge in [0.05, 0.1) is 24.4 Å². The molecule has 0 spiro atoms. The molecule has 5 rings (SSSR count). The molecule has 0 radical (unpaired) electrons. The van der Waals surface area contributed by atoms with Gasteiger partial charge in [-0.25, -0.2) is 9.78 Å². The molecule has 2 heterocycles. The lowest BCUT2D eigenvalue weighted by Gasteiger charge is -2.10. The fraction of sp³-hybridized carbons (Fsp3) is 0.179. The topological polar surface area (TPSA) is 231 Å². The zero-order valence-electron chi connectivity index (χ0n) is 23.2. The number of benzene rings is 2. The van der Waals surface area contributed by atoms with Crippen LogP contribution in [0.2, 0.25) is 0 Å². The Labute approximate surface area is 239 Å². The molecule has 14 nitrogen and oxygen atoms in total. The van der Waals surface area contributed by atoms with E-state index in [9.17, 15) is 4.79 Å². The van der Waals surface area contributed by atoms with Crippen molar-refractivity contribution in [2.24, 2.45) is 0 Å². The SMILES string of the molecule is CC(=O)O.CC(=O)O.CC(=O)O.COC(=O)c1cccc2c1C=C(c1cc(Nc3ccnc(N)n3)cc3cn[nH]c13)C2. The van der Waals surface area contributed by atoms with Crippen LogP contribution in [-0.4, -0.2) is 66.5 Å². The Morgan fingerprint density at radius 2 is 1.64 bits per heavy atom. The first-order valence-corrected chi connectivity index (χ1v) is 12.1. The highest BCUT2D eigenvalue weighted by atomic mass is 16.5. The van der Waals surface area contributed by atoms with Crippen molar-refractivity contribution in [2.45, 2.75) is 27.2 Å². The summed E-state index contributed by atoms with van der Waals surface area (Å²) in [6.45, 7) is 3.25. The highest BCUT2D eigenvalue weighted by molar-refractivity contribution is 6.04. The number of hydrogen-bond acceptors (Lipinski definition) is 10. The summed E-state index contributed by atoms with van der Waals surface area (Å²) in [6, 6.07) is 11.5. The van der Waals surface area contributed by atoms with Crippen LogP contribution in [0.4, 0.5) is 17.5 Å². The van der Waals surface area contributed by atoms with Crippen molar-refractivity contribution >= 4 is 63.9 Å². The molecule has 0 fully saturated rings. The Bertz CT molecular complexity index is 1590. The number of aromatic amines is 1. The summed E-state index contributed by atoms with van der Waals surface area (Å²) >= 11 is 0. The van der Waals surface area contributed by atoms with Gasteiger partial charge >= 0.3 is 5.97 Å². The van der Waals surface area contributed by atoms with Crippen LogP contribution in [0.25, 0.3) is 22.6 Å². The predicted octanol–water partition coefficient (Wildman–Crippen LogP) is 3.83. The number of carboxylic acid groups (broad SMARTS) is 3. The number of carbonyl (C=O) groups is 4. The zero-order valence-corrected chi connectivity index (χ0v) is 23.2. The van der Waals surface area contributed by atoms with Gasteiger partial charge in [-0.2, -0.15) is 10.1 Å². The molecule has 14 heteroatoms. The Balaban J connectivity index is 0.000000440. The average molecular weight is 579 g/mol. The molecule has 7 N–H and O–H groups in total. The van der Waals surface area contributed by atoms with Gasteiger partial charge < -0.3 is 31.1 Å². The number of methoxy groups -OCH3 is 1. The minimum atomic E-state index is -0.833. The first-order chi connectivity index (χ1) is 19.8. The van der Waals surface area contributed by atoms with E-state index in [1.54, 1.807) is 24.5 Å². The quantitative estimate of drug-likeness (QED) is 0.189. The predicted molar refractivity (Wildman–Crippen MR) is 155 cm³/mol. The third-order valence-corrected chi connectivity index (χ3v) is 5.14. The highest BCUT2D eigenvalue weighted by Crippen LogP contribution is 2.37. The fourth-order valence-electron chi connectivity index (χ4n) is 3.80. The minimum absolute atomic E-state index is 0.203. The van der Waals surface area contributed by atoms with Crippen LogP contribution in [0, 0.1) is 0 Å². The molecule has 4 aromatic rings. The van der Waals surface area contributed by atoms with Crippen LogP contribution in [0.1, 0.15) is 47.8 Å². The number of nitrogens with zero attached hydrogens (tertiary/aromatic N) is 3. The van der Waals surface area contributed by atoms with Gasteiger partial charge in [-0.15, -0.1) is 0 Å². The Morgan fingerprint density at radius 3 is 2.24 bits per heavy atom. The number of hydrogen-bond donors (Lipinski definition) is 6. The van der Waals surface area contributed by atoms with Crippen molar-refractivity contribution < 1.29 is 39.2 Å². The molecule has 1 aliphatic rings. The molecule has 0 aliphatic heterocycles. The van der Waals surface area contributed by atoms with E-state index < -0.39 is 17.9 Å². The summed E-state index contributed by atoms with van der Waals surface area (Å²) < 4.78 is 4.94. The molecular formula is C28H30N6O8. The van der Waals surface area contributed by atoms with Crippen molar-refractivity contribution in [2.75, 3.05) is 18.2 Å². The second-order valence-corrected chi connectivity index (χ2v) is 8.56. The monoisotopic (exact) mass is 578 g/mol. The lowest BCUT2D eigenvalue weighted by atomic mass is 10.00. The van der Waals surface area contributed by atoms with Crippen molar-refractivity contribution in [3.8, 4) is 0 Å². The van der Waals surface area contributed by atoms with Crippen molar-refractivity contribution in [1.29, 1.82) is 0 Å². The molecule has 1 aliphatic carbocycles. The standard InChI is InChI=1S/C22H18N6O2.3C2H4O2/c1-30-21(29)16-4-2-3-12-7-13(9-17(12)16)18-10-15(8-14-11-25-28-20(14)18)26-19-5-6-24-22(23)27-19;3*1-2(3)4/h2-6,8-11H,7H2,1H3,(H,25,28)(H3,23,24,26,27);3*1H3,(H,3,4). The van der Waals surface area contributed by atoms with Gasteiger partial charge in [0, 0.05) is 43.6 Å². The first-order valence-electron chi connectivity index (χ1n) is 12.1. The van der Waals surface area contributed by atoms with Gasteiger partial charge in [-0.05, 0) is 53.5 Å². The number of aromatic nitrogens is 4. The van der Waals surface area contributed by atoms with E-state index in [-0.39, 0.29) is 11.9 Å². The van der Waals surface area contributed by atoms with Crippen LogP contribution in [0.5, 0.6) is 0 Å². The van der Waals surface area contributed by atoms with Crippen LogP contribution >= 0.6 is 0 Å². The number of esters is 1. The van der Waals surface area contributed by atoms with E-state index in [4.69, 9.17) is 40.2 Å². The number of anilines is 3. The molecule has 0 amide bonds. The summed E-state index contributed by atoms with van der Waals surface area (Å²) in [5, 5.41) is 33.8. The maximum atomic E-state index is 12.2. The van der Waals surface area contributed by atoms with E-state index in [2.05, 4.69) is 25.5 Å². The molecule has 220 valence electrons. The molecule has 2 aromatic carbocycles. The number of fused-ring (bicyclic) bond motifs is 2. The largest absolute Gasteiger partial charge is 0.481 e. The van der Waals surface area contributed by atoms with E-state index in [0.717, 1.165) is 59.6 Å². The smallest absolute Gasteiger partial charge is 0.338 e. The molecule has 0 atom stereocenters. The van der Waals surface area contributed by atoms with E-state index in [1.165, 1.54) is 7.11 Å². The van der Waals surface area contributed by atoms with Gasteiger partial charge in [0.25, 0.3) is 17.9 Å². The van der Waals surface area contributed by atoms with Gasteiger partial charge in [0.1, 0.15) is 5.82 Å². The second-order valence-electron chi connectivity index (χ2n) is 8.56. The summed E-state index contributed by atoms with van der Waals surface area (Å²) in [4.78, 5) is 47.3. The van der Waals surface area contributed by atoms with E-state index >= 15 is 0 Å². The van der Waals surface area contributed by atoms with Crippen LogP contribution in [0.15, 0.2) is 48.8 Å². The number of aliphatic carboxylic acids is 3. The lowest BCUT2D eigenvalue weighted by Crippen LogP contribution is -2.04. The highest BCUT2D eigenvalue weighted by Gasteiger charge is 2.22. The normalized spacial score (nSPS) is 10.7. The summed E-state index contributed by atoms with van der Waals surface area (Å²) in [7, 11) is 1.39.